The Balaban J connectivity index is 1.89. The molecule has 2 aromatic rings. The van der Waals surface area contributed by atoms with Gasteiger partial charge in [-0.15, -0.1) is 0 Å². The Morgan fingerprint density at radius 1 is 1.00 bits per heavy atom. The molecule has 2 rings (SSSR count). The minimum Gasteiger partial charge on any atom is -0.494 e. The molecule has 152 valence electrons. The van der Waals surface area contributed by atoms with Crippen LogP contribution in [0.3, 0.4) is 0 Å². The summed E-state index contributed by atoms with van der Waals surface area (Å²) in [5.41, 5.74) is 0.792. The summed E-state index contributed by atoms with van der Waals surface area (Å²) in [7, 11) is -0.731. The number of methoxy groups -OCH3 is 2. The lowest BCUT2D eigenvalue weighted by molar-refractivity contribution is -0.120. The van der Waals surface area contributed by atoms with Gasteiger partial charge in [-0.3, -0.25) is 4.79 Å². The molecule has 0 atom stereocenters. The third-order valence-electron chi connectivity index (χ3n) is 3.81. The van der Waals surface area contributed by atoms with Gasteiger partial charge in [0.05, 0.1) is 32.3 Å². The van der Waals surface area contributed by atoms with Gasteiger partial charge < -0.3 is 19.5 Å². The summed E-state index contributed by atoms with van der Waals surface area (Å²) in [5, 5.41) is 2.66. The molecule has 0 saturated heterocycles. The van der Waals surface area contributed by atoms with Gasteiger partial charge in [0.1, 0.15) is 5.75 Å². The van der Waals surface area contributed by atoms with Crippen molar-refractivity contribution in [2.75, 3.05) is 27.4 Å². The highest BCUT2D eigenvalue weighted by atomic mass is 32.2. The zero-order valence-electron chi connectivity index (χ0n) is 16.0. The predicted octanol–water partition coefficient (Wildman–Crippen LogP) is 1.70. The van der Waals surface area contributed by atoms with Gasteiger partial charge in [0, 0.05) is 6.54 Å². The molecular weight excluding hydrogens is 384 g/mol. The number of rotatable bonds is 10. The van der Waals surface area contributed by atoms with E-state index in [0.29, 0.717) is 23.9 Å². The molecule has 2 aromatic carbocycles. The van der Waals surface area contributed by atoms with Crippen LogP contribution in [0, 0.1) is 0 Å². The summed E-state index contributed by atoms with van der Waals surface area (Å²) in [6.45, 7) is 2.18. The molecule has 8 nitrogen and oxygen atoms in total. The van der Waals surface area contributed by atoms with Crippen LogP contribution in [-0.4, -0.2) is 41.7 Å². The number of hydrogen-bond donors (Lipinski definition) is 2. The van der Waals surface area contributed by atoms with E-state index in [1.54, 1.807) is 30.3 Å². The van der Waals surface area contributed by atoms with E-state index in [9.17, 15) is 13.2 Å². The second-order valence-corrected chi connectivity index (χ2v) is 7.46. The van der Waals surface area contributed by atoms with Crippen LogP contribution >= 0.6 is 0 Å². The van der Waals surface area contributed by atoms with Gasteiger partial charge in [0.2, 0.25) is 15.9 Å². The fourth-order valence-electron chi connectivity index (χ4n) is 2.38. The molecule has 0 radical (unpaired) electrons. The van der Waals surface area contributed by atoms with Crippen molar-refractivity contribution in [1.29, 1.82) is 0 Å². The van der Waals surface area contributed by atoms with Crippen molar-refractivity contribution in [3.63, 3.8) is 0 Å². The van der Waals surface area contributed by atoms with Crippen molar-refractivity contribution in [2.24, 2.45) is 0 Å². The van der Waals surface area contributed by atoms with Crippen molar-refractivity contribution < 1.29 is 27.4 Å². The number of benzene rings is 2. The van der Waals surface area contributed by atoms with Crippen LogP contribution in [0.5, 0.6) is 17.2 Å². The average Bonchev–Trinajstić information content (AvgIpc) is 2.71. The van der Waals surface area contributed by atoms with E-state index in [1.807, 2.05) is 6.92 Å². The highest BCUT2D eigenvalue weighted by molar-refractivity contribution is 7.89. The summed E-state index contributed by atoms with van der Waals surface area (Å²) in [4.78, 5) is 12.1. The van der Waals surface area contributed by atoms with Crippen molar-refractivity contribution in [1.82, 2.24) is 10.0 Å². The smallest absolute Gasteiger partial charge is 0.241 e. The molecule has 0 aliphatic carbocycles. The first kappa shape index (κ1) is 21.5. The van der Waals surface area contributed by atoms with Gasteiger partial charge in [-0.2, -0.15) is 0 Å². The van der Waals surface area contributed by atoms with Gasteiger partial charge in [0.15, 0.2) is 11.5 Å². The van der Waals surface area contributed by atoms with E-state index in [4.69, 9.17) is 14.2 Å². The Morgan fingerprint density at radius 2 is 1.68 bits per heavy atom. The Kier molecular flexibility index (Phi) is 7.65. The second kappa shape index (κ2) is 9.95. The van der Waals surface area contributed by atoms with Crippen molar-refractivity contribution >= 4 is 15.9 Å². The Bertz CT molecular complexity index is 897. The third kappa shape index (κ3) is 5.86. The van der Waals surface area contributed by atoms with E-state index in [-0.39, 0.29) is 18.0 Å². The zero-order chi connectivity index (χ0) is 20.6. The number of nitrogens with one attached hydrogen (secondary N) is 2. The van der Waals surface area contributed by atoms with Crippen LogP contribution in [0.15, 0.2) is 47.4 Å². The second-order valence-electron chi connectivity index (χ2n) is 5.70. The fourth-order valence-corrected chi connectivity index (χ4v) is 3.36. The summed E-state index contributed by atoms with van der Waals surface area (Å²) < 4.78 is 42.5. The summed E-state index contributed by atoms with van der Waals surface area (Å²) in [6.07, 6.45) is 0. The number of carbonyl (C=O) groups excluding carboxylic acids is 1. The summed E-state index contributed by atoms with van der Waals surface area (Å²) in [5.74, 6) is 1.25. The number of hydrogen-bond acceptors (Lipinski definition) is 6. The maximum absolute atomic E-state index is 12.3. The van der Waals surface area contributed by atoms with Gasteiger partial charge in [-0.1, -0.05) is 6.07 Å². The van der Waals surface area contributed by atoms with E-state index >= 15 is 0 Å². The standard InChI is InChI=1S/C19H24N2O6S/c1-4-27-15-6-8-16(9-7-15)28(23,24)21-13-19(22)20-12-14-5-10-17(25-2)18(11-14)26-3/h5-11,21H,4,12-13H2,1-3H3,(H,20,22). The van der Waals surface area contributed by atoms with E-state index in [0.717, 1.165) is 5.56 Å². The molecule has 2 N–H and O–H groups in total. The van der Waals surface area contributed by atoms with Gasteiger partial charge in [-0.05, 0) is 48.9 Å². The lowest BCUT2D eigenvalue weighted by atomic mass is 10.2. The first-order valence-electron chi connectivity index (χ1n) is 8.59. The Hall–Kier alpha value is -2.78. The molecule has 0 heterocycles. The Morgan fingerprint density at radius 3 is 2.29 bits per heavy atom. The number of amides is 1. The molecule has 0 bridgehead atoms. The maximum atomic E-state index is 12.3. The maximum Gasteiger partial charge on any atom is 0.241 e. The normalized spacial score (nSPS) is 11.0. The fraction of sp³-hybridized carbons (Fsp3) is 0.316. The zero-order valence-corrected chi connectivity index (χ0v) is 16.8. The van der Waals surface area contributed by atoms with Crippen LogP contribution < -0.4 is 24.2 Å². The molecular formula is C19H24N2O6S. The van der Waals surface area contributed by atoms with Gasteiger partial charge in [0.25, 0.3) is 0 Å². The molecule has 0 fully saturated rings. The minimum atomic E-state index is -3.79. The monoisotopic (exact) mass is 408 g/mol. The highest BCUT2D eigenvalue weighted by Gasteiger charge is 2.15. The molecule has 0 unspecified atom stereocenters. The molecule has 28 heavy (non-hydrogen) atoms. The molecule has 0 aliphatic heterocycles. The summed E-state index contributed by atoms with van der Waals surface area (Å²) in [6, 6.07) is 11.2. The predicted molar refractivity (Wildman–Crippen MR) is 104 cm³/mol. The lowest BCUT2D eigenvalue weighted by Gasteiger charge is -2.11. The molecule has 0 aromatic heterocycles. The Labute approximate surface area is 164 Å². The quantitative estimate of drug-likeness (QED) is 0.620. The van der Waals surface area contributed by atoms with Crippen LogP contribution in [0.25, 0.3) is 0 Å². The van der Waals surface area contributed by atoms with Gasteiger partial charge in [-0.25, -0.2) is 13.1 Å². The van der Waals surface area contributed by atoms with E-state index in [2.05, 4.69) is 10.0 Å². The first-order chi connectivity index (χ1) is 13.4. The minimum absolute atomic E-state index is 0.0589. The highest BCUT2D eigenvalue weighted by Crippen LogP contribution is 2.27. The molecule has 0 spiro atoms. The number of ether oxygens (including phenoxy) is 3. The topological polar surface area (TPSA) is 103 Å². The van der Waals surface area contributed by atoms with Crippen LogP contribution in [0.2, 0.25) is 0 Å². The molecule has 1 amide bonds. The number of carbonyl (C=O) groups is 1. The van der Waals surface area contributed by atoms with Crippen molar-refractivity contribution in [2.45, 2.75) is 18.4 Å². The van der Waals surface area contributed by atoms with Crippen LogP contribution in [0.4, 0.5) is 0 Å². The number of sulfonamides is 1. The van der Waals surface area contributed by atoms with Crippen LogP contribution in [0.1, 0.15) is 12.5 Å². The summed E-state index contributed by atoms with van der Waals surface area (Å²) >= 11 is 0. The SMILES string of the molecule is CCOc1ccc(S(=O)(=O)NCC(=O)NCc2ccc(OC)c(OC)c2)cc1. The average molecular weight is 408 g/mol. The van der Waals surface area contributed by atoms with E-state index in [1.165, 1.54) is 26.4 Å². The van der Waals surface area contributed by atoms with Crippen LogP contribution in [-0.2, 0) is 21.4 Å². The molecule has 0 saturated carbocycles. The van der Waals surface area contributed by atoms with Crippen molar-refractivity contribution in [3.8, 4) is 17.2 Å². The first-order valence-corrected chi connectivity index (χ1v) is 10.1. The largest absolute Gasteiger partial charge is 0.494 e. The molecule has 0 aliphatic rings. The lowest BCUT2D eigenvalue weighted by Crippen LogP contribution is -2.36. The van der Waals surface area contributed by atoms with Crippen molar-refractivity contribution in [3.05, 3.63) is 48.0 Å². The van der Waals surface area contributed by atoms with Gasteiger partial charge >= 0.3 is 0 Å². The molecule has 9 heteroatoms. The third-order valence-corrected chi connectivity index (χ3v) is 5.22. The van der Waals surface area contributed by atoms with E-state index < -0.39 is 15.9 Å².